The average molecular weight is 219 g/mol. The van der Waals surface area contributed by atoms with Gasteiger partial charge in [-0.25, -0.2) is 0 Å². The van der Waals surface area contributed by atoms with E-state index in [0.29, 0.717) is 6.54 Å². The molecular weight excluding hydrogens is 202 g/mol. The summed E-state index contributed by atoms with van der Waals surface area (Å²) in [6, 6.07) is 5.66. The van der Waals surface area contributed by atoms with Crippen molar-refractivity contribution in [3.63, 3.8) is 0 Å². The molecule has 0 saturated heterocycles. The Kier molecular flexibility index (Phi) is 2.59. The molecule has 0 aliphatic rings. The van der Waals surface area contributed by atoms with Gasteiger partial charge in [-0.3, -0.25) is 14.2 Å². The minimum Gasteiger partial charge on any atom is -0.324 e. The average Bonchev–Trinajstić information content (AvgIpc) is 2.51. The van der Waals surface area contributed by atoms with Crippen LogP contribution in [0, 0.1) is 0 Å². The molecule has 1 heterocycles. The Bertz CT molecular complexity index is 578. The molecule has 0 aliphatic heterocycles. The van der Waals surface area contributed by atoms with E-state index in [4.69, 9.17) is 5.73 Å². The lowest BCUT2D eigenvalue weighted by molar-refractivity contribution is 0.530. The summed E-state index contributed by atoms with van der Waals surface area (Å²) in [5.74, 6) is 0. The highest BCUT2D eigenvalue weighted by Crippen LogP contribution is 2.20. The second kappa shape index (κ2) is 3.79. The zero-order valence-corrected chi connectivity index (χ0v) is 9.90. The fraction of sp³-hybridized carbons (Fsp3) is 0.417. The van der Waals surface area contributed by atoms with Gasteiger partial charge >= 0.3 is 0 Å². The molecule has 0 spiro atoms. The smallest absolute Gasteiger partial charge is 0.274 e. The van der Waals surface area contributed by atoms with Crippen molar-refractivity contribution >= 4 is 10.9 Å². The highest BCUT2D eigenvalue weighted by Gasteiger charge is 2.14. The van der Waals surface area contributed by atoms with Crippen molar-refractivity contribution in [1.82, 2.24) is 9.36 Å². The number of hydrogen-bond acceptors (Lipinski definition) is 2. The Balaban J connectivity index is 2.94. The lowest BCUT2D eigenvalue weighted by Crippen LogP contribution is -2.20. The van der Waals surface area contributed by atoms with E-state index in [0.717, 1.165) is 16.5 Å². The fourth-order valence-corrected chi connectivity index (χ4v) is 2.21. The van der Waals surface area contributed by atoms with Crippen LogP contribution in [0.15, 0.2) is 23.0 Å². The van der Waals surface area contributed by atoms with Gasteiger partial charge in [0.1, 0.15) is 0 Å². The number of para-hydroxylation sites is 1. The maximum Gasteiger partial charge on any atom is 0.274 e. The molecule has 1 aromatic carbocycles. The lowest BCUT2D eigenvalue weighted by atomic mass is 10.1. The van der Waals surface area contributed by atoms with Gasteiger partial charge in [0, 0.05) is 19.6 Å². The van der Waals surface area contributed by atoms with E-state index in [1.54, 1.807) is 4.68 Å². The maximum absolute atomic E-state index is 12.1. The van der Waals surface area contributed by atoms with Crippen molar-refractivity contribution in [2.24, 2.45) is 12.8 Å². The van der Waals surface area contributed by atoms with Gasteiger partial charge in [0.05, 0.1) is 10.9 Å². The quantitative estimate of drug-likeness (QED) is 0.829. The Morgan fingerprint density at radius 3 is 2.69 bits per heavy atom. The molecule has 4 heteroatoms. The van der Waals surface area contributed by atoms with Crippen LogP contribution < -0.4 is 11.3 Å². The van der Waals surface area contributed by atoms with Crippen LogP contribution in [-0.2, 0) is 13.6 Å². The first-order valence-corrected chi connectivity index (χ1v) is 5.52. The molecule has 4 nitrogen and oxygen atoms in total. The topological polar surface area (TPSA) is 52.9 Å². The van der Waals surface area contributed by atoms with E-state index in [9.17, 15) is 4.79 Å². The van der Waals surface area contributed by atoms with Crippen molar-refractivity contribution in [3.8, 4) is 0 Å². The van der Waals surface area contributed by atoms with Crippen LogP contribution in [0.2, 0.25) is 0 Å². The second-order valence-corrected chi connectivity index (χ2v) is 4.08. The Morgan fingerprint density at radius 1 is 1.44 bits per heavy atom. The van der Waals surface area contributed by atoms with Gasteiger partial charge in [0.15, 0.2) is 0 Å². The molecule has 0 bridgehead atoms. The summed E-state index contributed by atoms with van der Waals surface area (Å²) in [5, 5.41) is 0.749. The summed E-state index contributed by atoms with van der Waals surface area (Å²) in [5.41, 5.74) is 7.95. The molecule has 1 atom stereocenters. The number of nitrogens with two attached hydrogens (primary N) is 1. The molecule has 1 aromatic heterocycles. The molecule has 2 aromatic rings. The zero-order chi connectivity index (χ0) is 11.9. The first kappa shape index (κ1) is 11.0. The Labute approximate surface area is 94.3 Å². The summed E-state index contributed by atoms with van der Waals surface area (Å²) in [6.45, 7) is 4.57. The van der Waals surface area contributed by atoms with Crippen LogP contribution in [-0.4, -0.2) is 9.36 Å². The highest BCUT2D eigenvalue weighted by atomic mass is 16.1. The first-order valence-electron chi connectivity index (χ1n) is 5.52. The molecule has 0 fully saturated rings. The summed E-state index contributed by atoms with van der Waals surface area (Å²) in [4.78, 5) is 12.1. The van der Waals surface area contributed by atoms with Gasteiger partial charge in [-0.2, -0.15) is 0 Å². The molecule has 16 heavy (non-hydrogen) atoms. The van der Waals surface area contributed by atoms with Crippen molar-refractivity contribution in [2.75, 3.05) is 0 Å². The molecule has 86 valence electrons. The predicted octanol–water partition coefficient (Wildman–Crippen LogP) is 1.38. The van der Waals surface area contributed by atoms with E-state index < -0.39 is 0 Å². The SMILES string of the molecule is CCn1c(=O)c2cccc(C(C)N)c2n1C. The Morgan fingerprint density at radius 2 is 2.12 bits per heavy atom. The first-order chi connectivity index (χ1) is 7.57. The van der Waals surface area contributed by atoms with E-state index in [-0.39, 0.29) is 11.6 Å². The van der Waals surface area contributed by atoms with Gasteiger partial charge in [-0.15, -0.1) is 0 Å². The largest absolute Gasteiger partial charge is 0.324 e. The minimum atomic E-state index is -0.0676. The van der Waals surface area contributed by atoms with Gasteiger partial charge in [0.25, 0.3) is 5.56 Å². The monoisotopic (exact) mass is 219 g/mol. The number of aryl methyl sites for hydroxylation is 1. The van der Waals surface area contributed by atoms with Crippen LogP contribution in [0.3, 0.4) is 0 Å². The predicted molar refractivity (Wildman–Crippen MR) is 65.5 cm³/mol. The van der Waals surface area contributed by atoms with Crippen LogP contribution in [0.4, 0.5) is 0 Å². The number of hydrogen-bond donors (Lipinski definition) is 1. The summed E-state index contributed by atoms with van der Waals surface area (Å²) in [7, 11) is 1.90. The molecule has 1 unspecified atom stereocenters. The van der Waals surface area contributed by atoms with Gasteiger partial charge < -0.3 is 5.73 Å². The third-order valence-electron chi connectivity index (χ3n) is 3.01. The normalized spacial score (nSPS) is 13.2. The van der Waals surface area contributed by atoms with Crippen LogP contribution in [0.1, 0.15) is 25.5 Å². The van der Waals surface area contributed by atoms with Gasteiger partial charge in [-0.05, 0) is 25.5 Å². The fourth-order valence-electron chi connectivity index (χ4n) is 2.21. The number of aromatic nitrogens is 2. The molecule has 2 rings (SSSR count). The van der Waals surface area contributed by atoms with Crippen LogP contribution in [0.25, 0.3) is 10.9 Å². The van der Waals surface area contributed by atoms with Crippen LogP contribution in [0.5, 0.6) is 0 Å². The zero-order valence-electron chi connectivity index (χ0n) is 9.90. The molecule has 0 radical (unpaired) electrons. The summed E-state index contributed by atoms with van der Waals surface area (Å²) < 4.78 is 3.62. The second-order valence-electron chi connectivity index (χ2n) is 4.08. The van der Waals surface area contributed by atoms with E-state index >= 15 is 0 Å². The van der Waals surface area contributed by atoms with Crippen LogP contribution >= 0.6 is 0 Å². The lowest BCUT2D eigenvalue weighted by Gasteiger charge is -2.10. The van der Waals surface area contributed by atoms with Crippen molar-refractivity contribution in [3.05, 3.63) is 34.1 Å². The third-order valence-corrected chi connectivity index (χ3v) is 3.01. The number of nitrogens with zero attached hydrogens (tertiary/aromatic N) is 2. The number of rotatable bonds is 2. The Hall–Kier alpha value is -1.55. The van der Waals surface area contributed by atoms with Crippen molar-refractivity contribution in [2.45, 2.75) is 26.4 Å². The molecular formula is C12H17N3O. The van der Waals surface area contributed by atoms with Crippen molar-refractivity contribution < 1.29 is 0 Å². The molecule has 2 N–H and O–H groups in total. The standard InChI is InChI=1S/C12H17N3O/c1-4-15-12(16)10-7-5-6-9(8(2)13)11(10)14(15)3/h5-8H,4,13H2,1-3H3. The highest BCUT2D eigenvalue weighted by molar-refractivity contribution is 5.82. The van der Waals surface area contributed by atoms with E-state index in [2.05, 4.69) is 0 Å². The molecule has 0 saturated carbocycles. The van der Waals surface area contributed by atoms with Crippen molar-refractivity contribution in [1.29, 1.82) is 0 Å². The number of fused-ring (bicyclic) bond motifs is 1. The van der Waals surface area contributed by atoms with E-state index in [1.165, 1.54) is 0 Å². The summed E-state index contributed by atoms with van der Waals surface area (Å²) in [6.07, 6.45) is 0. The van der Waals surface area contributed by atoms with Gasteiger partial charge in [-0.1, -0.05) is 12.1 Å². The van der Waals surface area contributed by atoms with Gasteiger partial charge in [0.2, 0.25) is 0 Å². The summed E-state index contributed by atoms with van der Waals surface area (Å²) >= 11 is 0. The maximum atomic E-state index is 12.1. The molecule has 0 aliphatic carbocycles. The minimum absolute atomic E-state index is 0.0579. The molecule has 0 amide bonds. The van der Waals surface area contributed by atoms with E-state index in [1.807, 2.05) is 43.8 Å². The number of benzene rings is 1. The third kappa shape index (κ3) is 1.38.